The van der Waals surface area contributed by atoms with Gasteiger partial charge in [-0.25, -0.2) is 0 Å². The molecule has 132 valence electrons. The molecule has 2 aromatic rings. The van der Waals surface area contributed by atoms with Crippen LogP contribution in [-0.2, 0) is 11.3 Å². The molecule has 3 rings (SSSR count). The predicted molar refractivity (Wildman–Crippen MR) is 99.9 cm³/mol. The van der Waals surface area contributed by atoms with Gasteiger partial charge in [-0.2, -0.15) is 0 Å². The molecule has 0 saturated carbocycles. The molecule has 5 nitrogen and oxygen atoms in total. The van der Waals surface area contributed by atoms with E-state index in [-0.39, 0.29) is 17.5 Å². The summed E-state index contributed by atoms with van der Waals surface area (Å²) in [4.78, 5) is 28.6. The number of piperazine rings is 1. The monoisotopic (exact) mass is 339 g/mol. The number of carbonyl (C=O) groups is 1. The quantitative estimate of drug-likeness (QED) is 0.858. The Morgan fingerprint density at radius 2 is 1.88 bits per heavy atom. The van der Waals surface area contributed by atoms with Crippen LogP contribution in [0.3, 0.4) is 0 Å². The third-order valence-electron chi connectivity index (χ3n) is 4.81. The lowest BCUT2D eigenvalue weighted by atomic mass is 10.1. The normalized spacial score (nSPS) is 17.6. The number of hydrogen-bond donors (Lipinski definition) is 0. The molecule has 1 aliphatic rings. The number of aryl methyl sites for hydroxylation is 2. The van der Waals surface area contributed by atoms with E-state index in [1.807, 2.05) is 11.0 Å². The summed E-state index contributed by atoms with van der Waals surface area (Å²) < 4.78 is 1.59. The maximum atomic E-state index is 12.6. The van der Waals surface area contributed by atoms with E-state index < -0.39 is 0 Å². The minimum atomic E-state index is -0.0625. The molecule has 1 aromatic carbocycles. The average Bonchev–Trinajstić information content (AvgIpc) is 2.61. The molecule has 1 fully saturated rings. The van der Waals surface area contributed by atoms with Crippen molar-refractivity contribution in [2.75, 3.05) is 24.5 Å². The highest BCUT2D eigenvalue weighted by Gasteiger charge is 2.27. The molecular weight excluding hydrogens is 314 g/mol. The van der Waals surface area contributed by atoms with Gasteiger partial charge >= 0.3 is 0 Å². The van der Waals surface area contributed by atoms with E-state index >= 15 is 0 Å². The molecular formula is C20H25N3O2. The summed E-state index contributed by atoms with van der Waals surface area (Å²) in [7, 11) is 0. The third-order valence-corrected chi connectivity index (χ3v) is 4.81. The molecule has 1 amide bonds. The van der Waals surface area contributed by atoms with Crippen molar-refractivity contribution in [1.29, 1.82) is 0 Å². The van der Waals surface area contributed by atoms with Gasteiger partial charge in [0.05, 0.1) is 0 Å². The van der Waals surface area contributed by atoms with E-state index in [0.717, 1.165) is 19.6 Å². The summed E-state index contributed by atoms with van der Waals surface area (Å²) in [5.74, 6) is 0.117. The minimum Gasteiger partial charge on any atom is -0.368 e. The number of rotatable bonds is 4. The van der Waals surface area contributed by atoms with E-state index in [1.54, 1.807) is 16.8 Å². The van der Waals surface area contributed by atoms with Crippen molar-refractivity contribution in [2.45, 2.75) is 32.9 Å². The number of nitrogens with zero attached hydrogens (tertiary/aromatic N) is 3. The first kappa shape index (κ1) is 17.3. The largest absolute Gasteiger partial charge is 0.368 e. The zero-order valence-electron chi connectivity index (χ0n) is 14.9. The lowest BCUT2D eigenvalue weighted by Crippen LogP contribution is -2.54. The number of hydrogen-bond acceptors (Lipinski definition) is 3. The SMILES string of the molecule is Cc1ccc(N2CCN(C(=O)CCn3ccccc3=O)[C@@H](C)C2)cc1. The van der Waals surface area contributed by atoms with Gasteiger partial charge < -0.3 is 14.4 Å². The second kappa shape index (κ2) is 7.55. The number of carbonyl (C=O) groups excluding carboxylic acids is 1. The summed E-state index contributed by atoms with van der Waals surface area (Å²) in [6.07, 6.45) is 2.09. The number of pyridine rings is 1. The Kier molecular flexibility index (Phi) is 5.22. The Bertz CT molecular complexity index is 782. The lowest BCUT2D eigenvalue weighted by molar-refractivity contribution is -0.133. The van der Waals surface area contributed by atoms with Gasteiger partial charge in [-0.15, -0.1) is 0 Å². The maximum Gasteiger partial charge on any atom is 0.250 e. The zero-order chi connectivity index (χ0) is 17.8. The van der Waals surface area contributed by atoms with Gasteiger partial charge in [-0.05, 0) is 32.0 Å². The molecule has 0 N–H and O–H groups in total. The Labute approximate surface area is 148 Å². The van der Waals surface area contributed by atoms with Crippen LogP contribution in [-0.4, -0.2) is 41.1 Å². The fraction of sp³-hybridized carbons (Fsp3) is 0.400. The first-order valence-electron chi connectivity index (χ1n) is 8.81. The van der Waals surface area contributed by atoms with Gasteiger partial charge in [0.25, 0.3) is 5.56 Å². The zero-order valence-corrected chi connectivity index (χ0v) is 14.9. The van der Waals surface area contributed by atoms with Crippen molar-refractivity contribution in [1.82, 2.24) is 9.47 Å². The summed E-state index contributed by atoms with van der Waals surface area (Å²) in [5.41, 5.74) is 2.40. The molecule has 5 heteroatoms. The van der Waals surface area contributed by atoms with Crippen molar-refractivity contribution < 1.29 is 4.79 Å². The molecule has 1 aromatic heterocycles. The van der Waals surface area contributed by atoms with Crippen LogP contribution in [0.5, 0.6) is 0 Å². The standard InChI is InChI=1S/C20H25N3O2/c1-16-6-8-18(9-7-16)22-13-14-23(17(2)15-22)20(25)10-12-21-11-4-3-5-19(21)24/h3-9,11,17H,10,12-15H2,1-2H3/t17-/m0/s1. The van der Waals surface area contributed by atoms with Gasteiger partial charge in [0, 0.05) is 56.6 Å². The maximum absolute atomic E-state index is 12.6. The number of anilines is 1. The summed E-state index contributed by atoms with van der Waals surface area (Å²) in [5, 5.41) is 0. The molecule has 0 spiro atoms. The Morgan fingerprint density at radius 3 is 2.56 bits per heavy atom. The Morgan fingerprint density at radius 1 is 1.12 bits per heavy atom. The van der Waals surface area contributed by atoms with E-state index in [4.69, 9.17) is 0 Å². The molecule has 1 atom stereocenters. The highest BCUT2D eigenvalue weighted by atomic mass is 16.2. The van der Waals surface area contributed by atoms with Crippen LogP contribution >= 0.6 is 0 Å². The number of amides is 1. The molecule has 0 bridgehead atoms. The molecule has 1 saturated heterocycles. The van der Waals surface area contributed by atoms with Gasteiger partial charge in [0.1, 0.15) is 0 Å². The van der Waals surface area contributed by atoms with Crippen molar-refractivity contribution in [3.05, 3.63) is 64.6 Å². The first-order chi connectivity index (χ1) is 12.0. The van der Waals surface area contributed by atoms with E-state index in [1.165, 1.54) is 17.3 Å². The van der Waals surface area contributed by atoms with E-state index in [0.29, 0.717) is 13.0 Å². The summed E-state index contributed by atoms with van der Waals surface area (Å²) in [6.45, 7) is 7.00. The predicted octanol–water partition coefficient (Wildman–Crippen LogP) is 2.28. The van der Waals surface area contributed by atoms with Gasteiger partial charge in [-0.3, -0.25) is 9.59 Å². The topological polar surface area (TPSA) is 45.5 Å². The fourth-order valence-electron chi connectivity index (χ4n) is 3.32. The van der Waals surface area contributed by atoms with E-state index in [9.17, 15) is 9.59 Å². The van der Waals surface area contributed by atoms with Crippen LogP contribution < -0.4 is 10.5 Å². The Balaban J connectivity index is 1.57. The van der Waals surface area contributed by atoms with Gasteiger partial charge in [-0.1, -0.05) is 23.8 Å². The van der Waals surface area contributed by atoms with Crippen molar-refractivity contribution in [3.63, 3.8) is 0 Å². The first-order valence-corrected chi connectivity index (χ1v) is 8.81. The molecule has 2 heterocycles. The van der Waals surface area contributed by atoms with Crippen molar-refractivity contribution in [2.24, 2.45) is 0 Å². The average molecular weight is 339 g/mol. The van der Waals surface area contributed by atoms with Crippen molar-refractivity contribution in [3.8, 4) is 0 Å². The second-order valence-electron chi connectivity index (χ2n) is 6.70. The van der Waals surface area contributed by atoms with Crippen LogP contribution in [0.2, 0.25) is 0 Å². The van der Waals surface area contributed by atoms with E-state index in [2.05, 4.69) is 43.0 Å². The third kappa shape index (κ3) is 4.10. The summed E-state index contributed by atoms with van der Waals surface area (Å²) in [6, 6.07) is 13.7. The lowest BCUT2D eigenvalue weighted by Gasteiger charge is -2.41. The van der Waals surface area contributed by atoms with Gasteiger partial charge in [0.15, 0.2) is 0 Å². The van der Waals surface area contributed by atoms with Crippen LogP contribution in [0.25, 0.3) is 0 Å². The number of benzene rings is 1. The minimum absolute atomic E-state index is 0.0625. The molecule has 1 aliphatic heterocycles. The van der Waals surface area contributed by atoms with Crippen LogP contribution in [0, 0.1) is 6.92 Å². The van der Waals surface area contributed by atoms with Crippen molar-refractivity contribution >= 4 is 11.6 Å². The molecule has 0 radical (unpaired) electrons. The molecule has 0 unspecified atom stereocenters. The highest BCUT2D eigenvalue weighted by Crippen LogP contribution is 2.20. The van der Waals surface area contributed by atoms with Crippen LogP contribution in [0.1, 0.15) is 18.9 Å². The van der Waals surface area contributed by atoms with Gasteiger partial charge in [0.2, 0.25) is 5.91 Å². The Hall–Kier alpha value is -2.56. The highest BCUT2D eigenvalue weighted by molar-refractivity contribution is 5.77. The number of aromatic nitrogens is 1. The summed E-state index contributed by atoms with van der Waals surface area (Å²) >= 11 is 0. The van der Waals surface area contributed by atoms with Crippen LogP contribution in [0.4, 0.5) is 5.69 Å². The van der Waals surface area contributed by atoms with Crippen LogP contribution in [0.15, 0.2) is 53.5 Å². The molecule has 25 heavy (non-hydrogen) atoms. The fourth-order valence-corrected chi connectivity index (χ4v) is 3.32. The smallest absolute Gasteiger partial charge is 0.250 e. The second-order valence-corrected chi connectivity index (χ2v) is 6.70. The molecule has 0 aliphatic carbocycles.